The fraction of sp³-hybridized carbons (Fsp3) is 0.143. The highest BCUT2D eigenvalue weighted by Gasteiger charge is 2.19. The molecule has 0 aliphatic heterocycles. The lowest BCUT2D eigenvalue weighted by Crippen LogP contribution is -2.87. The van der Waals surface area contributed by atoms with Crippen molar-refractivity contribution in [2.75, 3.05) is 19.5 Å². The van der Waals surface area contributed by atoms with Crippen LogP contribution in [0.25, 0.3) is 0 Å². The zero-order chi connectivity index (χ0) is 23.1. The van der Waals surface area contributed by atoms with Crippen LogP contribution in [0.15, 0.2) is 48.7 Å². The van der Waals surface area contributed by atoms with E-state index in [1.807, 2.05) is 12.1 Å². The number of hydrogen-bond donors (Lipinski definition) is 3. The minimum absolute atomic E-state index is 0.210. The summed E-state index contributed by atoms with van der Waals surface area (Å²) in [7, 11) is 2.79. The molecule has 9 nitrogen and oxygen atoms in total. The van der Waals surface area contributed by atoms with Crippen LogP contribution in [-0.4, -0.2) is 37.0 Å². The van der Waals surface area contributed by atoms with Gasteiger partial charge in [0.2, 0.25) is 0 Å². The molecule has 1 aromatic carbocycles. The molecule has 3 rings (SSSR count). The lowest BCUT2D eigenvalue weighted by molar-refractivity contribution is -0.568. The molecule has 11 heteroatoms. The van der Waals surface area contributed by atoms with Crippen LogP contribution in [0.1, 0.15) is 26.4 Å². The Bertz CT molecular complexity index is 1130. The van der Waals surface area contributed by atoms with Gasteiger partial charge in [0.15, 0.2) is 0 Å². The highest BCUT2D eigenvalue weighted by molar-refractivity contribution is 7.20. The molecule has 0 aliphatic carbocycles. The van der Waals surface area contributed by atoms with Gasteiger partial charge in [0.05, 0.1) is 17.0 Å². The minimum atomic E-state index is -0.573. The number of primary amides is 1. The van der Waals surface area contributed by atoms with Gasteiger partial charge in [-0.1, -0.05) is 11.6 Å². The molecule has 0 bridgehead atoms. The summed E-state index contributed by atoms with van der Waals surface area (Å²) in [6.45, 7) is 0.370. The molecule has 0 unspecified atom stereocenters. The Hall–Kier alpha value is -3.47. The van der Waals surface area contributed by atoms with Crippen LogP contribution in [0.4, 0.5) is 9.80 Å². The molecule has 0 saturated heterocycles. The molecule has 0 spiro atoms. The number of ether oxygens (including phenoxy) is 2. The van der Waals surface area contributed by atoms with E-state index in [4.69, 9.17) is 21.1 Å². The molecule has 166 valence electrons. The standard InChI is InChI=1S/C21H19ClN4O5S/c1-23-18(27)16-9-14(7-8-24-16)31-13-5-3-12(4-6-13)11-25-21(29)26-19-15(20(28)30-2)10-17(22)32-19/h3-10H,11H2,1-2H3,(H,23,27)(H2,25,26,29)/p+1. The summed E-state index contributed by atoms with van der Waals surface area (Å²) < 4.78 is 10.8. The molecule has 0 atom stereocenters. The average Bonchev–Trinajstić information content (AvgIpc) is 3.17. The van der Waals surface area contributed by atoms with Crippen LogP contribution in [0.2, 0.25) is 4.34 Å². The number of benzene rings is 1. The number of nitrogens with one attached hydrogen (secondary N) is 2. The fourth-order valence-electron chi connectivity index (χ4n) is 2.65. The maximum atomic E-state index is 12.3. The topological polar surface area (TPSA) is 123 Å². The molecule has 4 N–H and O–H groups in total. The lowest BCUT2D eigenvalue weighted by Gasteiger charge is -2.08. The van der Waals surface area contributed by atoms with Crippen LogP contribution >= 0.6 is 22.9 Å². The number of nitrogens with zero attached hydrogens (tertiary/aromatic N) is 1. The highest BCUT2D eigenvalue weighted by Crippen LogP contribution is 2.32. The summed E-state index contributed by atoms with van der Waals surface area (Å²) in [4.78, 5) is 39.7. The summed E-state index contributed by atoms with van der Waals surface area (Å²) >= 11 is 7.02. The predicted molar refractivity (Wildman–Crippen MR) is 119 cm³/mol. The monoisotopic (exact) mass is 475 g/mol. The normalized spacial score (nSPS) is 10.3. The number of methoxy groups -OCH3 is 1. The van der Waals surface area contributed by atoms with Gasteiger partial charge >= 0.3 is 12.0 Å². The smallest absolute Gasteiger partial charge is 0.418 e. The third-order valence-corrected chi connectivity index (χ3v) is 5.40. The van der Waals surface area contributed by atoms with E-state index in [9.17, 15) is 14.4 Å². The fourth-order valence-corrected chi connectivity index (χ4v) is 3.76. The number of anilines is 1. The number of rotatable bonds is 7. The number of thiophene rings is 1. The molecule has 32 heavy (non-hydrogen) atoms. The number of pyridine rings is 1. The van der Waals surface area contributed by atoms with Crippen LogP contribution in [-0.2, 0) is 11.3 Å². The third-order valence-electron chi connectivity index (χ3n) is 4.22. The summed E-state index contributed by atoms with van der Waals surface area (Å²) in [5, 5.41) is 6.96. The van der Waals surface area contributed by atoms with Crippen LogP contribution in [0, 0.1) is 0 Å². The van der Waals surface area contributed by atoms with Gasteiger partial charge in [-0.05, 0) is 36.4 Å². The first-order valence-corrected chi connectivity index (χ1v) is 10.6. The van der Waals surface area contributed by atoms with Crippen LogP contribution < -0.4 is 20.7 Å². The van der Waals surface area contributed by atoms with E-state index in [0.717, 1.165) is 16.9 Å². The van der Waals surface area contributed by atoms with Crippen molar-refractivity contribution in [1.29, 1.82) is 0 Å². The van der Waals surface area contributed by atoms with Gasteiger partial charge in [-0.2, -0.15) is 0 Å². The molecule has 0 saturated carbocycles. The summed E-state index contributed by atoms with van der Waals surface area (Å²) in [5.74, 6) is 0.176. The molecule has 3 amide bonds. The second kappa shape index (κ2) is 10.7. The van der Waals surface area contributed by atoms with Crippen molar-refractivity contribution < 1.29 is 29.2 Å². The van der Waals surface area contributed by atoms with E-state index in [0.29, 0.717) is 27.4 Å². The highest BCUT2D eigenvalue weighted by atomic mass is 35.5. The number of carbonyl (C=O) groups is 3. The molecule has 3 aromatic rings. The second-order valence-corrected chi connectivity index (χ2v) is 8.07. The van der Waals surface area contributed by atoms with Gasteiger partial charge in [0, 0.05) is 24.9 Å². The Morgan fingerprint density at radius 2 is 1.88 bits per heavy atom. The number of carbonyl (C=O) groups excluding carboxylic acids is 3. The molecule has 0 fully saturated rings. The number of esters is 1. The first kappa shape index (κ1) is 23.2. The van der Waals surface area contributed by atoms with Gasteiger partial charge in [0.1, 0.15) is 28.7 Å². The largest absolute Gasteiger partial charge is 0.465 e. The first-order chi connectivity index (χ1) is 15.4. The zero-order valence-electron chi connectivity index (χ0n) is 17.2. The van der Waals surface area contributed by atoms with Gasteiger partial charge < -0.3 is 14.8 Å². The third kappa shape index (κ3) is 6.03. The van der Waals surface area contributed by atoms with Gasteiger partial charge in [-0.3, -0.25) is 20.4 Å². The summed E-state index contributed by atoms with van der Waals surface area (Å²) in [6.07, 6.45) is 1.49. The molecule has 2 heterocycles. The Labute approximate surface area is 192 Å². The van der Waals surface area contributed by atoms with Gasteiger partial charge in [-0.25, -0.2) is 9.59 Å². The number of aromatic nitrogens is 1. The number of urea groups is 1. The Morgan fingerprint density at radius 3 is 2.56 bits per heavy atom. The molecular formula is C21H20ClN4O5S+. The van der Waals surface area contributed by atoms with E-state index < -0.39 is 5.97 Å². The van der Waals surface area contributed by atoms with Gasteiger partial charge in [0.25, 0.3) is 5.91 Å². The van der Waals surface area contributed by atoms with E-state index in [2.05, 4.69) is 15.6 Å². The quantitative estimate of drug-likeness (QED) is 0.451. The Morgan fingerprint density at radius 1 is 1.12 bits per heavy atom. The zero-order valence-corrected chi connectivity index (χ0v) is 18.8. The van der Waals surface area contributed by atoms with E-state index >= 15 is 0 Å². The average molecular weight is 476 g/mol. The van der Waals surface area contributed by atoms with E-state index in [1.54, 1.807) is 24.3 Å². The molecular weight excluding hydrogens is 456 g/mol. The number of amides is 3. The van der Waals surface area contributed by atoms with E-state index in [1.165, 1.54) is 31.7 Å². The number of nitrogens with two attached hydrogens (primary N) is 1. The van der Waals surface area contributed by atoms with Crippen molar-refractivity contribution in [2.24, 2.45) is 0 Å². The Kier molecular flexibility index (Phi) is 7.77. The van der Waals surface area contributed by atoms with Crippen molar-refractivity contribution >= 4 is 45.8 Å². The van der Waals surface area contributed by atoms with Crippen molar-refractivity contribution in [3.8, 4) is 11.5 Å². The maximum Gasteiger partial charge on any atom is 0.418 e. The summed E-state index contributed by atoms with van der Waals surface area (Å²) in [5.41, 5.74) is 1.34. The van der Waals surface area contributed by atoms with Crippen LogP contribution in [0.3, 0.4) is 0 Å². The van der Waals surface area contributed by atoms with Crippen molar-refractivity contribution in [3.05, 3.63) is 69.8 Å². The molecule has 0 radical (unpaired) electrons. The maximum absolute atomic E-state index is 12.3. The number of hydrogen-bond acceptors (Lipinski definition) is 7. The van der Waals surface area contributed by atoms with Gasteiger partial charge in [-0.15, -0.1) is 11.3 Å². The van der Waals surface area contributed by atoms with Crippen molar-refractivity contribution in [3.63, 3.8) is 0 Å². The minimum Gasteiger partial charge on any atom is -0.465 e. The van der Waals surface area contributed by atoms with Crippen LogP contribution in [0.5, 0.6) is 11.5 Å². The Balaban J connectivity index is 1.56. The van der Waals surface area contributed by atoms with E-state index in [-0.39, 0.29) is 23.2 Å². The first-order valence-electron chi connectivity index (χ1n) is 9.36. The van der Waals surface area contributed by atoms with Crippen molar-refractivity contribution in [2.45, 2.75) is 6.54 Å². The SMILES string of the molecule is CNC(=O)c1cc(Oc2ccc(C[NH2+]C(=O)Nc3sc(Cl)cc3C(=O)OC)cc2)ccn1. The molecule has 0 aliphatic rings. The lowest BCUT2D eigenvalue weighted by atomic mass is 10.2. The second-order valence-electron chi connectivity index (χ2n) is 6.38. The predicted octanol–water partition coefficient (Wildman–Crippen LogP) is 3.03. The number of halogens is 1. The number of quaternary nitrogens is 1. The summed E-state index contributed by atoms with van der Waals surface area (Å²) in [6, 6.07) is 11.4. The van der Waals surface area contributed by atoms with Crippen molar-refractivity contribution in [1.82, 2.24) is 10.3 Å². The molecule has 2 aromatic heterocycles.